The molecular formula is C11H15ClN2. The van der Waals surface area contributed by atoms with Crippen molar-refractivity contribution in [3.8, 4) is 0 Å². The maximum atomic E-state index is 5.74. The second-order valence-corrected chi connectivity index (χ2v) is 4.36. The van der Waals surface area contributed by atoms with Crippen LogP contribution in [0.15, 0.2) is 18.3 Å². The predicted molar refractivity (Wildman–Crippen MR) is 58.6 cm³/mol. The molecule has 1 unspecified atom stereocenters. The Hall–Kier alpha value is -0.600. The van der Waals surface area contributed by atoms with Crippen molar-refractivity contribution < 1.29 is 0 Å². The molecule has 0 radical (unpaired) electrons. The first kappa shape index (κ1) is 9.94. The molecule has 14 heavy (non-hydrogen) atoms. The summed E-state index contributed by atoms with van der Waals surface area (Å²) < 4.78 is 0. The third-order valence-electron chi connectivity index (χ3n) is 2.93. The smallest absolute Gasteiger partial charge is 0.129 e. The van der Waals surface area contributed by atoms with Gasteiger partial charge in [0.1, 0.15) is 5.15 Å². The summed E-state index contributed by atoms with van der Waals surface area (Å²) in [6.45, 7) is 1.23. The zero-order valence-corrected chi connectivity index (χ0v) is 9.17. The molecule has 0 saturated carbocycles. The van der Waals surface area contributed by atoms with Gasteiger partial charge in [-0.2, -0.15) is 0 Å². The molecule has 2 nitrogen and oxygen atoms in total. The minimum absolute atomic E-state index is 0.577. The number of rotatable bonds is 2. The standard InChI is InChI=1S/C11H15ClN2/c1-14-6-2-3-10(14)7-9-4-5-11(12)13-8-9/h4-5,8,10H,2-3,6-7H2,1H3. The molecule has 76 valence electrons. The van der Waals surface area contributed by atoms with E-state index in [4.69, 9.17) is 11.6 Å². The quantitative estimate of drug-likeness (QED) is 0.697. The number of hydrogen-bond acceptors (Lipinski definition) is 2. The first-order valence-electron chi connectivity index (χ1n) is 5.06. The molecule has 1 aliphatic rings. The summed E-state index contributed by atoms with van der Waals surface area (Å²) in [7, 11) is 2.20. The molecule has 1 fully saturated rings. The molecule has 0 aliphatic carbocycles. The van der Waals surface area contributed by atoms with Crippen molar-refractivity contribution in [1.82, 2.24) is 9.88 Å². The minimum Gasteiger partial charge on any atom is -0.303 e. The summed E-state index contributed by atoms with van der Waals surface area (Å²) in [4.78, 5) is 6.52. The lowest BCUT2D eigenvalue weighted by atomic mass is 10.1. The van der Waals surface area contributed by atoms with E-state index >= 15 is 0 Å². The molecule has 0 bridgehead atoms. The molecule has 1 saturated heterocycles. The van der Waals surface area contributed by atoms with E-state index < -0.39 is 0 Å². The molecule has 1 aliphatic heterocycles. The van der Waals surface area contributed by atoms with E-state index in [0.717, 1.165) is 6.42 Å². The second-order valence-electron chi connectivity index (χ2n) is 3.97. The second kappa shape index (κ2) is 4.28. The van der Waals surface area contributed by atoms with Gasteiger partial charge in [-0.3, -0.25) is 0 Å². The van der Waals surface area contributed by atoms with Crippen LogP contribution in [0.1, 0.15) is 18.4 Å². The SMILES string of the molecule is CN1CCCC1Cc1ccc(Cl)nc1. The van der Waals surface area contributed by atoms with E-state index in [2.05, 4.69) is 23.0 Å². The Bertz CT molecular complexity index is 297. The van der Waals surface area contributed by atoms with Gasteiger partial charge in [0.05, 0.1) is 0 Å². The highest BCUT2D eigenvalue weighted by Crippen LogP contribution is 2.19. The summed E-state index contributed by atoms with van der Waals surface area (Å²) in [6, 6.07) is 4.63. The first-order valence-corrected chi connectivity index (χ1v) is 5.44. The van der Waals surface area contributed by atoms with Crippen molar-refractivity contribution in [2.75, 3.05) is 13.6 Å². The van der Waals surface area contributed by atoms with Crippen LogP contribution in [-0.2, 0) is 6.42 Å². The Morgan fingerprint density at radius 3 is 3.00 bits per heavy atom. The summed E-state index contributed by atoms with van der Waals surface area (Å²) >= 11 is 5.74. The molecular weight excluding hydrogens is 196 g/mol. The van der Waals surface area contributed by atoms with Crippen molar-refractivity contribution in [3.63, 3.8) is 0 Å². The van der Waals surface area contributed by atoms with Gasteiger partial charge in [-0.15, -0.1) is 0 Å². The molecule has 1 aromatic rings. The first-order chi connectivity index (χ1) is 6.75. The van der Waals surface area contributed by atoms with Crippen LogP contribution in [0.4, 0.5) is 0 Å². The molecule has 1 atom stereocenters. The van der Waals surface area contributed by atoms with Crippen LogP contribution in [0.3, 0.4) is 0 Å². The van der Waals surface area contributed by atoms with Crippen molar-refractivity contribution in [3.05, 3.63) is 29.0 Å². The Kier molecular flexibility index (Phi) is 3.04. The highest BCUT2D eigenvalue weighted by atomic mass is 35.5. The topological polar surface area (TPSA) is 16.1 Å². The van der Waals surface area contributed by atoms with Crippen LogP contribution in [0.5, 0.6) is 0 Å². The minimum atomic E-state index is 0.577. The van der Waals surface area contributed by atoms with E-state index in [1.54, 1.807) is 0 Å². The fourth-order valence-corrected chi connectivity index (χ4v) is 2.15. The third kappa shape index (κ3) is 2.25. The molecule has 2 heterocycles. The summed E-state index contributed by atoms with van der Waals surface area (Å²) in [5.41, 5.74) is 1.29. The van der Waals surface area contributed by atoms with Gasteiger partial charge in [-0.05, 0) is 44.5 Å². The zero-order chi connectivity index (χ0) is 9.97. The maximum absolute atomic E-state index is 5.74. The van der Waals surface area contributed by atoms with E-state index in [-0.39, 0.29) is 0 Å². The summed E-state index contributed by atoms with van der Waals surface area (Å²) in [5.74, 6) is 0. The largest absolute Gasteiger partial charge is 0.303 e. The number of pyridine rings is 1. The fourth-order valence-electron chi connectivity index (χ4n) is 2.04. The molecule has 0 N–H and O–H groups in total. The van der Waals surface area contributed by atoms with E-state index in [9.17, 15) is 0 Å². The zero-order valence-electron chi connectivity index (χ0n) is 8.41. The van der Waals surface area contributed by atoms with Gasteiger partial charge in [-0.1, -0.05) is 17.7 Å². The molecule has 2 rings (SSSR count). The van der Waals surface area contributed by atoms with Crippen LogP contribution >= 0.6 is 11.6 Å². The van der Waals surface area contributed by atoms with Crippen molar-refractivity contribution in [2.24, 2.45) is 0 Å². The average Bonchev–Trinajstić information content (AvgIpc) is 2.56. The van der Waals surface area contributed by atoms with Crippen LogP contribution in [0.25, 0.3) is 0 Å². The number of nitrogens with zero attached hydrogens (tertiary/aromatic N) is 2. The number of likely N-dealkylation sites (tertiary alicyclic amines) is 1. The lowest BCUT2D eigenvalue weighted by molar-refractivity contribution is 0.309. The Morgan fingerprint density at radius 2 is 2.43 bits per heavy atom. The number of likely N-dealkylation sites (N-methyl/N-ethyl adjacent to an activating group) is 1. The van der Waals surface area contributed by atoms with Gasteiger partial charge in [-0.25, -0.2) is 4.98 Å². The van der Waals surface area contributed by atoms with Gasteiger partial charge < -0.3 is 4.90 Å². The summed E-state index contributed by atoms with van der Waals surface area (Å²) in [6.07, 6.45) is 5.61. The Morgan fingerprint density at radius 1 is 1.57 bits per heavy atom. The monoisotopic (exact) mass is 210 g/mol. The number of aromatic nitrogens is 1. The van der Waals surface area contributed by atoms with Gasteiger partial charge in [0.2, 0.25) is 0 Å². The maximum Gasteiger partial charge on any atom is 0.129 e. The highest BCUT2D eigenvalue weighted by molar-refractivity contribution is 6.29. The molecule has 3 heteroatoms. The number of hydrogen-bond donors (Lipinski definition) is 0. The van der Waals surface area contributed by atoms with Crippen LogP contribution < -0.4 is 0 Å². The van der Waals surface area contributed by atoms with Gasteiger partial charge in [0.25, 0.3) is 0 Å². The van der Waals surface area contributed by atoms with Crippen molar-refractivity contribution in [1.29, 1.82) is 0 Å². The highest BCUT2D eigenvalue weighted by Gasteiger charge is 2.20. The lowest BCUT2D eigenvalue weighted by Gasteiger charge is -2.18. The van der Waals surface area contributed by atoms with Gasteiger partial charge in [0, 0.05) is 12.2 Å². The van der Waals surface area contributed by atoms with Gasteiger partial charge >= 0.3 is 0 Å². The van der Waals surface area contributed by atoms with Crippen LogP contribution in [0.2, 0.25) is 5.15 Å². The van der Waals surface area contributed by atoms with Crippen LogP contribution in [-0.4, -0.2) is 29.5 Å². The molecule has 1 aromatic heterocycles. The third-order valence-corrected chi connectivity index (χ3v) is 3.16. The predicted octanol–water partition coefficient (Wildman–Crippen LogP) is 2.37. The normalized spacial score (nSPS) is 22.9. The van der Waals surface area contributed by atoms with Crippen LogP contribution in [0, 0.1) is 0 Å². The molecule has 0 spiro atoms. The van der Waals surface area contributed by atoms with Crippen molar-refractivity contribution in [2.45, 2.75) is 25.3 Å². The average molecular weight is 211 g/mol. The Labute approximate surface area is 89.9 Å². The fraction of sp³-hybridized carbons (Fsp3) is 0.545. The molecule has 0 aromatic carbocycles. The number of halogens is 1. The summed E-state index contributed by atoms with van der Waals surface area (Å²) in [5, 5.41) is 0.577. The van der Waals surface area contributed by atoms with Gasteiger partial charge in [0.15, 0.2) is 0 Å². The Balaban J connectivity index is 2.00. The van der Waals surface area contributed by atoms with E-state index in [0.29, 0.717) is 11.2 Å². The lowest BCUT2D eigenvalue weighted by Crippen LogP contribution is -2.26. The van der Waals surface area contributed by atoms with E-state index in [1.807, 2.05) is 12.3 Å². The molecule has 0 amide bonds. The van der Waals surface area contributed by atoms with Crippen molar-refractivity contribution >= 4 is 11.6 Å². The van der Waals surface area contributed by atoms with E-state index in [1.165, 1.54) is 24.9 Å².